The predicted molar refractivity (Wildman–Crippen MR) is 124 cm³/mol. The van der Waals surface area contributed by atoms with Crippen LogP contribution >= 0.6 is 11.8 Å². The van der Waals surface area contributed by atoms with Crippen molar-refractivity contribution in [2.24, 2.45) is 0 Å². The lowest BCUT2D eigenvalue weighted by atomic mass is 10.1. The molecule has 1 atom stereocenters. The first-order valence-electron chi connectivity index (χ1n) is 10.3. The van der Waals surface area contributed by atoms with Gasteiger partial charge >= 0.3 is 5.97 Å². The molecule has 1 unspecified atom stereocenters. The Morgan fingerprint density at radius 2 is 1.97 bits per heavy atom. The molecule has 2 aromatic carbocycles. The fourth-order valence-electron chi connectivity index (χ4n) is 3.63. The zero-order valence-corrected chi connectivity index (χ0v) is 18.9. The number of para-hydroxylation sites is 1. The van der Waals surface area contributed by atoms with Gasteiger partial charge in [-0.3, -0.25) is 9.59 Å². The van der Waals surface area contributed by atoms with Crippen molar-refractivity contribution in [2.75, 3.05) is 11.1 Å². The van der Waals surface area contributed by atoms with Crippen LogP contribution in [0.15, 0.2) is 47.0 Å². The molecule has 0 fully saturated rings. The van der Waals surface area contributed by atoms with Gasteiger partial charge in [-0.1, -0.05) is 23.4 Å². The fraction of sp³-hybridized carbons (Fsp3) is 0.304. The largest absolute Gasteiger partial charge is 0.452 e. The number of carbonyl (C=O) groups is 2. The molecule has 9 heteroatoms. The Morgan fingerprint density at radius 3 is 2.72 bits per heavy atom. The molecule has 32 heavy (non-hydrogen) atoms. The van der Waals surface area contributed by atoms with E-state index >= 15 is 0 Å². The minimum atomic E-state index is -0.914. The van der Waals surface area contributed by atoms with Gasteiger partial charge in [-0.25, -0.2) is 0 Å². The van der Waals surface area contributed by atoms with Crippen LogP contribution in [0.5, 0.6) is 0 Å². The third-order valence-corrected chi connectivity index (χ3v) is 5.96. The van der Waals surface area contributed by atoms with Crippen molar-refractivity contribution in [3.8, 4) is 0 Å². The van der Waals surface area contributed by atoms with E-state index in [1.165, 1.54) is 11.8 Å². The quantitative estimate of drug-likeness (QED) is 0.398. The molecule has 0 saturated heterocycles. The monoisotopic (exact) mass is 452 g/mol. The summed E-state index contributed by atoms with van der Waals surface area (Å²) in [5, 5.41) is 8.82. The number of esters is 1. The Hall–Kier alpha value is -3.33. The van der Waals surface area contributed by atoms with E-state index in [2.05, 4.69) is 39.1 Å². The Kier molecular flexibility index (Phi) is 6.45. The summed E-state index contributed by atoms with van der Waals surface area (Å²) in [5.74, 6) is 0.665. The fourth-order valence-corrected chi connectivity index (χ4v) is 4.26. The van der Waals surface area contributed by atoms with Crippen LogP contribution in [0.2, 0.25) is 0 Å². The zero-order valence-electron chi connectivity index (χ0n) is 18.1. The third-order valence-electron chi connectivity index (χ3n) is 5.05. The van der Waals surface area contributed by atoms with E-state index in [0.717, 1.165) is 28.4 Å². The molecule has 0 aliphatic rings. The molecule has 166 valence electrons. The molecular weight excluding hydrogens is 428 g/mol. The first-order valence-corrected chi connectivity index (χ1v) is 11.5. The van der Waals surface area contributed by atoms with Crippen LogP contribution in [0.1, 0.15) is 25.6 Å². The third kappa shape index (κ3) is 4.62. The van der Waals surface area contributed by atoms with E-state index in [-0.39, 0.29) is 11.7 Å². The molecule has 0 radical (unpaired) electrons. The summed E-state index contributed by atoms with van der Waals surface area (Å²) in [7, 11) is 0. The molecule has 0 saturated carbocycles. The summed E-state index contributed by atoms with van der Waals surface area (Å²) in [6.45, 7) is 6.23. The van der Waals surface area contributed by atoms with Gasteiger partial charge in [0.05, 0.1) is 11.5 Å². The molecule has 0 spiro atoms. The van der Waals surface area contributed by atoms with Gasteiger partial charge in [0.25, 0.3) is 5.91 Å². The van der Waals surface area contributed by atoms with Gasteiger partial charge in [0.2, 0.25) is 5.89 Å². The number of hydrogen-bond donors (Lipinski definition) is 1. The molecule has 2 heterocycles. The van der Waals surface area contributed by atoms with Crippen molar-refractivity contribution in [3.05, 3.63) is 54.2 Å². The number of rotatable bonds is 8. The van der Waals surface area contributed by atoms with Crippen molar-refractivity contribution < 1.29 is 18.8 Å². The maximum Gasteiger partial charge on any atom is 0.316 e. The highest BCUT2D eigenvalue weighted by molar-refractivity contribution is 7.99. The van der Waals surface area contributed by atoms with Crippen molar-refractivity contribution >= 4 is 51.1 Å². The molecule has 0 bridgehead atoms. The van der Waals surface area contributed by atoms with Crippen molar-refractivity contribution in [3.63, 3.8) is 0 Å². The number of nitrogens with one attached hydrogen (secondary N) is 1. The molecule has 8 nitrogen and oxygen atoms in total. The molecule has 1 amide bonds. The smallest absolute Gasteiger partial charge is 0.316 e. The number of anilines is 1. The Morgan fingerprint density at radius 1 is 1.19 bits per heavy atom. The number of amides is 1. The number of benzene rings is 2. The van der Waals surface area contributed by atoms with Crippen molar-refractivity contribution in [1.29, 1.82) is 0 Å². The predicted octanol–water partition coefficient (Wildman–Crippen LogP) is 4.31. The maximum atomic E-state index is 12.6. The van der Waals surface area contributed by atoms with Crippen LogP contribution in [0.25, 0.3) is 21.8 Å². The summed E-state index contributed by atoms with van der Waals surface area (Å²) < 4.78 is 12.4. The average Bonchev–Trinajstić information content (AvgIpc) is 3.33. The van der Waals surface area contributed by atoms with Gasteiger partial charge in [0.1, 0.15) is 0 Å². The summed E-state index contributed by atoms with van der Waals surface area (Å²) in [6.07, 6.45) is -0.914. The van der Waals surface area contributed by atoms with E-state index < -0.39 is 12.1 Å². The normalized spacial score (nSPS) is 12.2. The Bertz CT molecular complexity index is 1280. The molecule has 4 aromatic rings. The Balaban J connectivity index is 1.37. The lowest BCUT2D eigenvalue weighted by Gasteiger charge is -2.13. The number of aromatic nitrogens is 3. The maximum absolute atomic E-state index is 12.6. The highest BCUT2D eigenvalue weighted by Crippen LogP contribution is 2.31. The second-order valence-corrected chi connectivity index (χ2v) is 8.32. The lowest BCUT2D eigenvalue weighted by molar-refractivity contribution is -0.150. The second-order valence-electron chi connectivity index (χ2n) is 7.34. The Labute approximate surface area is 189 Å². The van der Waals surface area contributed by atoms with Gasteiger partial charge < -0.3 is 19.1 Å². The van der Waals surface area contributed by atoms with Gasteiger partial charge in [-0.2, -0.15) is 4.98 Å². The second kappa shape index (κ2) is 9.44. The summed E-state index contributed by atoms with van der Waals surface area (Å²) >= 11 is 1.30. The molecule has 4 rings (SSSR count). The SMILES string of the molecule is CCn1c2ccccc2c2cc(NC(=O)C(C)OC(=O)CSCc3noc(C)n3)ccc21. The van der Waals surface area contributed by atoms with Crippen LogP contribution in [0.3, 0.4) is 0 Å². The van der Waals surface area contributed by atoms with E-state index in [1.807, 2.05) is 30.3 Å². The summed E-state index contributed by atoms with van der Waals surface area (Å²) in [6, 6.07) is 14.0. The summed E-state index contributed by atoms with van der Waals surface area (Å²) in [5.41, 5.74) is 2.93. The number of thioether (sulfide) groups is 1. The minimum Gasteiger partial charge on any atom is -0.452 e. The van der Waals surface area contributed by atoms with E-state index in [9.17, 15) is 9.59 Å². The van der Waals surface area contributed by atoms with E-state index in [1.54, 1.807) is 13.8 Å². The number of fused-ring (bicyclic) bond motifs is 3. The van der Waals surface area contributed by atoms with E-state index in [4.69, 9.17) is 9.26 Å². The van der Waals surface area contributed by atoms with Crippen LogP contribution in [0, 0.1) is 6.92 Å². The van der Waals surface area contributed by atoms with Crippen LogP contribution in [-0.4, -0.2) is 38.4 Å². The topological polar surface area (TPSA) is 99.2 Å². The van der Waals surface area contributed by atoms with Crippen LogP contribution in [0.4, 0.5) is 5.69 Å². The van der Waals surface area contributed by atoms with Gasteiger partial charge in [-0.05, 0) is 38.1 Å². The number of aryl methyl sites for hydroxylation is 2. The van der Waals surface area contributed by atoms with Crippen LogP contribution < -0.4 is 5.32 Å². The van der Waals surface area contributed by atoms with Crippen molar-refractivity contribution in [1.82, 2.24) is 14.7 Å². The van der Waals surface area contributed by atoms with Gasteiger partial charge in [0.15, 0.2) is 11.9 Å². The number of nitrogens with zero attached hydrogens (tertiary/aromatic N) is 3. The van der Waals surface area contributed by atoms with Gasteiger partial charge in [-0.15, -0.1) is 11.8 Å². The number of hydrogen-bond acceptors (Lipinski definition) is 7. The standard InChI is InChI=1S/C23H24N4O4S/c1-4-27-19-8-6-5-7-17(19)18-11-16(9-10-20(18)27)25-23(29)14(2)30-22(28)13-32-12-21-24-15(3)31-26-21/h5-11,14H,4,12-13H2,1-3H3,(H,25,29). The molecule has 1 N–H and O–H groups in total. The van der Waals surface area contributed by atoms with Crippen LogP contribution in [-0.2, 0) is 26.6 Å². The average molecular weight is 453 g/mol. The molecular formula is C23H24N4O4S. The first kappa shape index (κ1) is 21.9. The lowest BCUT2D eigenvalue weighted by Crippen LogP contribution is -2.30. The number of carbonyl (C=O) groups excluding carboxylic acids is 2. The van der Waals surface area contributed by atoms with Crippen molar-refractivity contribution in [2.45, 2.75) is 39.2 Å². The van der Waals surface area contributed by atoms with Gasteiger partial charge in [0, 0.05) is 41.0 Å². The minimum absolute atomic E-state index is 0.0910. The summed E-state index contributed by atoms with van der Waals surface area (Å²) in [4.78, 5) is 28.7. The molecule has 2 aromatic heterocycles. The highest BCUT2D eigenvalue weighted by atomic mass is 32.2. The molecule has 0 aliphatic carbocycles. The first-order chi connectivity index (χ1) is 15.5. The van der Waals surface area contributed by atoms with E-state index in [0.29, 0.717) is 23.2 Å². The molecule has 0 aliphatic heterocycles. The number of ether oxygens (including phenoxy) is 1. The highest BCUT2D eigenvalue weighted by Gasteiger charge is 2.19. The zero-order chi connectivity index (χ0) is 22.7.